The number of likely N-dealkylation sites (tertiary alicyclic amines) is 1. The van der Waals surface area contributed by atoms with Crippen LogP contribution < -0.4 is 4.74 Å². The average Bonchev–Trinajstić information content (AvgIpc) is 2.88. The smallest absolute Gasteiger partial charge is 0.410 e. The molecule has 1 N–H and O–H groups in total. The van der Waals surface area contributed by atoms with Gasteiger partial charge in [-0.3, -0.25) is 0 Å². The van der Waals surface area contributed by atoms with Crippen molar-refractivity contribution in [2.45, 2.75) is 45.5 Å². The standard InChI is InChI=1S/C18H25NO6/c1-5-23-16(21)12-6-8-13(9-7-12)24-15-11-19(10-14(15)20)17(22)25-18(2,3)4/h6-9,14-15,20H,5,10-11H2,1-4H3/t14-,15-/m0/s1. The Labute approximate surface area is 147 Å². The first-order chi connectivity index (χ1) is 11.7. The minimum atomic E-state index is -0.808. The molecule has 1 fully saturated rings. The Morgan fingerprint density at radius 1 is 1.20 bits per heavy atom. The molecule has 1 aliphatic heterocycles. The van der Waals surface area contributed by atoms with Crippen LogP contribution in [0.15, 0.2) is 24.3 Å². The molecule has 2 atom stereocenters. The fourth-order valence-electron chi connectivity index (χ4n) is 2.41. The van der Waals surface area contributed by atoms with E-state index in [-0.39, 0.29) is 13.1 Å². The van der Waals surface area contributed by atoms with Crippen molar-refractivity contribution >= 4 is 12.1 Å². The molecule has 1 saturated heterocycles. The molecular formula is C18H25NO6. The second-order valence-electron chi connectivity index (χ2n) is 6.85. The molecule has 0 radical (unpaired) electrons. The molecule has 138 valence electrons. The summed E-state index contributed by atoms with van der Waals surface area (Å²) in [6.07, 6.45) is -1.84. The molecule has 7 heteroatoms. The monoisotopic (exact) mass is 351 g/mol. The quantitative estimate of drug-likeness (QED) is 0.837. The molecule has 0 unspecified atom stereocenters. The summed E-state index contributed by atoms with van der Waals surface area (Å²) in [7, 11) is 0. The molecular weight excluding hydrogens is 326 g/mol. The highest BCUT2D eigenvalue weighted by Crippen LogP contribution is 2.21. The van der Waals surface area contributed by atoms with Crippen LogP contribution in [-0.2, 0) is 9.47 Å². The molecule has 1 amide bonds. The van der Waals surface area contributed by atoms with Gasteiger partial charge < -0.3 is 24.2 Å². The molecule has 1 aromatic rings. The fourth-order valence-corrected chi connectivity index (χ4v) is 2.41. The van der Waals surface area contributed by atoms with Crippen LogP contribution in [0.1, 0.15) is 38.1 Å². The van der Waals surface area contributed by atoms with Crippen LogP contribution in [0.2, 0.25) is 0 Å². The van der Waals surface area contributed by atoms with E-state index in [9.17, 15) is 14.7 Å². The lowest BCUT2D eigenvalue weighted by atomic mass is 10.2. The molecule has 1 heterocycles. The maximum atomic E-state index is 12.1. The number of aliphatic hydroxyl groups excluding tert-OH is 1. The Kier molecular flexibility index (Phi) is 5.89. The number of β-amino-alcohol motifs (C(OH)–C–C–N with tert-alkyl or cyclic N) is 1. The van der Waals surface area contributed by atoms with E-state index in [0.29, 0.717) is 17.9 Å². The number of aliphatic hydroxyl groups is 1. The van der Waals surface area contributed by atoms with Gasteiger partial charge in [0.15, 0.2) is 0 Å². The molecule has 0 bridgehead atoms. The van der Waals surface area contributed by atoms with Crippen LogP contribution in [-0.4, -0.2) is 59.6 Å². The third-order valence-electron chi connectivity index (χ3n) is 3.54. The minimum Gasteiger partial charge on any atom is -0.486 e. The maximum Gasteiger partial charge on any atom is 0.410 e. The first-order valence-electron chi connectivity index (χ1n) is 8.29. The molecule has 0 aliphatic carbocycles. The van der Waals surface area contributed by atoms with E-state index in [0.717, 1.165) is 0 Å². The average molecular weight is 351 g/mol. The Hall–Kier alpha value is -2.28. The number of rotatable bonds is 4. The first kappa shape index (κ1) is 19.1. The topological polar surface area (TPSA) is 85.3 Å². The predicted molar refractivity (Wildman–Crippen MR) is 90.6 cm³/mol. The fraction of sp³-hybridized carbons (Fsp3) is 0.556. The summed E-state index contributed by atoms with van der Waals surface area (Å²) < 4.78 is 16.0. The van der Waals surface area contributed by atoms with Gasteiger partial charge in [-0.25, -0.2) is 9.59 Å². The molecule has 2 rings (SSSR count). The van der Waals surface area contributed by atoms with Gasteiger partial charge in [-0.2, -0.15) is 0 Å². The molecule has 25 heavy (non-hydrogen) atoms. The van der Waals surface area contributed by atoms with E-state index in [1.807, 2.05) is 0 Å². The Morgan fingerprint density at radius 2 is 1.84 bits per heavy atom. The molecule has 0 saturated carbocycles. The summed E-state index contributed by atoms with van der Waals surface area (Å²) in [5, 5.41) is 10.1. The number of benzene rings is 1. The highest BCUT2D eigenvalue weighted by molar-refractivity contribution is 5.89. The Morgan fingerprint density at radius 3 is 2.40 bits per heavy atom. The van der Waals surface area contributed by atoms with Crippen molar-refractivity contribution in [1.29, 1.82) is 0 Å². The van der Waals surface area contributed by atoms with Crippen molar-refractivity contribution in [2.24, 2.45) is 0 Å². The molecule has 1 aromatic carbocycles. The third kappa shape index (κ3) is 5.35. The van der Waals surface area contributed by atoms with Crippen molar-refractivity contribution in [3.8, 4) is 5.75 Å². The summed E-state index contributed by atoms with van der Waals surface area (Å²) in [6, 6.07) is 6.46. The zero-order valence-electron chi connectivity index (χ0n) is 15.0. The highest BCUT2D eigenvalue weighted by Gasteiger charge is 2.37. The maximum absolute atomic E-state index is 12.1. The number of ether oxygens (including phenoxy) is 3. The minimum absolute atomic E-state index is 0.153. The van der Waals surface area contributed by atoms with Gasteiger partial charge in [-0.15, -0.1) is 0 Å². The van der Waals surface area contributed by atoms with Crippen molar-refractivity contribution in [2.75, 3.05) is 19.7 Å². The van der Waals surface area contributed by atoms with Crippen LogP contribution in [0, 0.1) is 0 Å². The van der Waals surface area contributed by atoms with Crippen LogP contribution in [0.4, 0.5) is 4.79 Å². The SMILES string of the molecule is CCOC(=O)c1ccc(O[C@H]2CN(C(=O)OC(C)(C)C)C[C@@H]2O)cc1. The summed E-state index contributed by atoms with van der Waals surface area (Å²) in [4.78, 5) is 25.1. The van der Waals surface area contributed by atoms with Gasteiger partial charge in [0.1, 0.15) is 23.6 Å². The van der Waals surface area contributed by atoms with E-state index >= 15 is 0 Å². The van der Waals surface area contributed by atoms with Crippen molar-refractivity contribution in [1.82, 2.24) is 4.90 Å². The summed E-state index contributed by atoms with van der Waals surface area (Å²) in [6.45, 7) is 7.80. The van der Waals surface area contributed by atoms with Gasteiger partial charge in [0.2, 0.25) is 0 Å². The van der Waals surface area contributed by atoms with Crippen molar-refractivity contribution in [3.05, 3.63) is 29.8 Å². The number of carbonyl (C=O) groups is 2. The van der Waals surface area contributed by atoms with E-state index < -0.39 is 29.9 Å². The van der Waals surface area contributed by atoms with Crippen molar-refractivity contribution in [3.63, 3.8) is 0 Å². The Balaban J connectivity index is 1.94. The lowest BCUT2D eigenvalue weighted by Crippen LogP contribution is -2.36. The lowest BCUT2D eigenvalue weighted by molar-refractivity contribution is 0.0268. The van der Waals surface area contributed by atoms with E-state index in [2.05, 4.69) is 0 Å². The summed E-state index contributed by atoms with van der Waals surface area (Å²) in [5.41, 5.74) is -0.166. The molecule has 1 aliphatic rings. The molecule has 7 nitrogen and oxygen atoms in total. The van der Waals surface area contributed by atoms with Gasteiger partial charge in [0.05, 0.1) is 25.3 Å². The number of nitrogens with zero attached hydrogens (tertiary/aromatic N) is 1. The zero-order chi connectivity index (χ0) is 18.6. The lowest BCUT2D eigenvalue weighted by Gasteiger charge is -2.24. The number of hydrogen-bond acceptors (Lipinski definition) is 6. The highest BCUT2D eigenvalue weighted by atomic mass is 16.6. The van der Waals surface area contributed by atoms with Crippen LogP contribution >= 0.6 is 0 Å². The van der Waals surface area contributed by atoms with Crippen LogP contribution in [0.3, 0.4) is 0 Å². The second kappa shape index (κ2) is 7.74. The second-order valence-corrected chi connectivity index (χ2v) is 6.85. The van der Waals surface area contributed by atoms with Crippen molar-refractivity contribution < 1.29 is 28.9 Å². The van der Waals surface area contributed by atoms with Crippen LogP contribution in [0.25, 0.3) is 0 Å². The largest absolute Gasteiger partial charge is 0.486 e. The Bertz CT molecular complexity index is 607. The van der Waals surface area contributed by atoms with Gasteiger partial charge in [0, 0.05) is 0 Å². The van der Waals surface area contributed by atoms with Gasteiger partial charge >= 0.3 is 12.1 Å². The van der Waals surface area contributed by atoms with E-state index in [1.165, 1.54) is 4.90 Å². The summed E-state index contributed by atoms with van der Waals surface area (Å²) in [5.74, 6) is 0.106. The van der Waals surface area contributed by atoms with E-state index in [1.54, 1.807) is 52.0 Å². The zero-order valence-corrected chi connectivity index (χ0v) is 15.0. The number of amides is 1. The predicted octanol–water partition coefficient (Wildman–Crippen LogP) is 2.22. The molecule has 0 aromatic heterocycles. The van der Waals surface area contributed by atoms with E-state index in [4.69, 9.17) is 14.2 Å². The normalized spacial score (nSPS) is 20.3. The van der Waals surface area contributed by atoms with Gasteiger partial charge in [-0.1, -0.05) is 0 Å². The number of carbonyl (C=O) groups excluding carboxylic acids is 2. The number of hydrogen-bond donors (Lipinski definition) is 1. The summed E-state index contributed by atoms with van der Waals surface area (Å²) >= 11 is 0. The molecule has 0 spiro atoms. The van der Waals surface area contributed by atoms with Gasteiger partial charge in [0.25, 0.3) is 0 Å². The van der Waals surface area contributed by atoms with Crippen LogP contribution in [0.5, 0.6) is 5.75 Å². The number of esters is 1. The van der Waals surface area contributed by atoms with Gasteiger partial charge in [-0.05, 0) is 52.0 Å². The first-order valence-corrected chi connectivity index (χ1v) is 8.29. The third-order valence-corrected chi connectivity index (χ3v) is 3.54.